The summed E-state index contributed by atoms with van der Waals surface area (Å²) >= 11 is 0. The van der Waals surface area contributed by atoms with E-state index in [1.54, 1.807) is 6.07 Å². The minimum absolute atomic E-state index is 0.498. The molecule has 1 unspecified atom stereocenters. The van der Waals surface area contributed by atoms with Crippen LogP contribution in [0.1, 0.15) is 30.5 Å². The minimum Gasteiger partial charge on any atom is -0.464 e. The number of hydrogen-bond donors (Lipinski definition) is 2. The molecule has 3 nitrogen and oxygen atoms in total. The van der Waals surface area contributed by atoms with Gasteiger partial charge in [0.1, 0.15) is 17.6 Å². The Morgan fingerprint density at radius 1 is 1.58 bits per heavy atom. The summed E-state index contributed by atoms with van der Waals surface area (Å²) < 4.78 is 5.25. The van der Waals surface area contributed by atoms with Crippen molar-refractivity contribution >= 4 is 0 Å². The van der Waals surface area contributed by atoms with Crippen molar-refractivity contribution in [2.45, 2.75) is 25.9 Å². The van der Waals surface area contributed by atoms with Gasteiger partial charge >= 0.3 is 0 Å². The Balaban J connectivity index is 2.47. The number of nitrogens with two attached hydrogens (primary N) is 1. The van der Waals surface area contributed by atoms with Crippen LogP contribution in [0, 0.1) is 6.92 Å². The van der Waals surface area contributed by atoms with Gasteiger partial charge in [-0.05, 0) is 38.4 Å². The SMILES string of the molecule is Cc1ccc(C(O)CCCN)o1. The largest absolute Gasteiger partial charge is 0.464 e. The third kappa shape index (κ3) is 2.36. The molecule has 0 aromatic carbocycles. The fourth-order valence-electron chi connectivity index (χ4n) is 1.09. The van der Waals surface area contributed by atoms with Crippen molar-refractivity contribution in [3.63, 3.8) is 0 Å². The van der Waals surface area contributed by atoms with Crippen LogP contribution in [0.25, 0.3) is 0 Å². The molecular formula is C9H15NO2. The van der Waals surface area contributed by atoms with Gasteiger partial charge in [0.15, 0.2) is 0 Å². The van der Waals surface area contributed by atoms with Crippen molar-refractivity contribution in [3.05, 3.63) is 23.7 Å². The number of aliphatic hydroxyl groups excluding tert-OH is 1. The first kappa shape index (κ1) is 9.29. The van der Waals surface area contributed by atoms with Crippen LogP contribution in [0.2, 0.25) is 0 Å². The smallest absolute Gasteiger partial charge is 0.132 e. The number of aliphatic hydroxyl groups is 1. The van der Waals surface area contributed by atoms with Crippen molar-refractivity contribution in [1.29, 1.82) is 0 Å². The van der Waals surface area contributed by atoms with E-state index in [4.69, 9.17) is 10.2 Å². The molecule has 0 amide bonds. The van der Waals surface area contributed by atoms with Crippen LogP contribution in [-0.4, -0.2) is 11.7 Å². The highest BCUT2D eigenvalue weighted by molar-refractivity contribution is 5.07. The van der Waals surface area contributed by atoms with Crippen molar-refractivity contribution in [3.8, 4) is 0 Å². The van der Waals surface area contributed by atoms with Crippen molar-refractivity contribution in [2.75, 3.05) is 6.54 Å². The quantitative estimate of drug-likeness (QED) is 0.715. The molecule has 0 saturated heterocycles. The van der Waals surface area contributed by atoms with Gasteiger partial charge in [0.05, 0.1) is 0 Å². The van der Waals surface area contributed by atoms with Crippen LogP contribution in [-0.2, 0) is 0 Å². The number of rotatable bonds is 4. The summed E-state index contributed by atoms with van der Waals surface area (Å²) in [4.78, 5) is 0. The van der Waals surface area contributed by atoms with Crippen LogP contribution in [0.4, 0.5) is 0 Å². The summed E-state index contributed by atoms with van der Waals surface area (Å²) in [7, 11) is 0. The minimum atomic E-state index is -0.498. The summed E-state index contributed by atoms with van der Waals surface area (Å²) in [5.74, 6) is 1.47. The number of hydrogen-bond acceptors (Lipinski definition) is 3. The van der Waals surface area contributed by atoms with Crippen molar-refractivity contribution < 1.29 is 9.52 Å². The van der Waals surface area contributed by atoms with E-state index in [9.17, 15) is 5.11 Å². The summed E-state index contributed by atoms with van der Waals surface area (Å²) in [5, 5.41) is 9.52. The molecule has 1 atom stereocenters. The van der Waals surface area contributed by atoms with Crippen LogP contribution < -0.4 is 5.73 Å². The highest BCUT2D eigenvalue weighted by atomic mass is 16.4. The van der Waals surface area contributed by atoms with Gasteiger partial charge in [-0.2, -0.15) is 0 Å². The molecule has 1 aromatic rings. The van der Waals surface area contributed by atoms with E-state index in [2.05, 4.69) is 0 Å². The molecule has 0 aliphatic rings. The molecule has 1 aromatic heterocycles. The van der Waals surface area contributed by atoms with Crippen LogP contribution in [0.5, 0.6) is 0 Å². The fraction of sp³-hybridized carbons (Fsp3) is 0.556. The molecule has 0 saturated carbocycles. The number of aryl methyl sites for hydroxylation is 1. The average molecular weight is 169 g/mol. The molecule has 0 aliphatic carbocycles. The number of furan rings is 1. The first-order chi connectivity index (χ1) is 5.74. The molecule has 1 rings (SSSR count). The lowest BCUT2D eigenvalue weighted by Crippen LogP contribution is -2.02. The Morgan fingerprint density at radius 2 is 2.33 bits per heavy atom. The van der Waals surface area contributed by atoms with Gasteiger partial charge in [-0.25, -0.2) is 0 Å². The van der Waals surface area contributed by atoms with E-state index in [0.29, 0.717) is 18.7 Å². The van der Waals surface area contributed by atoms with E-state index in [1.165, 1.54) is 0 Å². The summed E-state index contributed by atoms with van der Waals surface area (Å²) in [5.41, 5.74) is 5.32. The monoisotopic (exact) mass is 169 g/mol. The topological polar surface area (TPSA) is 59.4 Å². The molecule has 3 heteroatoms. The van der Waals surface area contributed by atoms with Gasteiger partial charge in [-0.15, -0.1) is 0 Å². The fourth-order valence-corrected chi connectivity index (χ4v) is 1.09. The summed E-state index contributed by atoms with van der Waals surface area (Å²) in [6.45, 7) is 2.47. The molecule has 1 heterocycles. The van der Waals surface area contributed by atoms with E-state index in [0.717, 1.165) is 12.2 Å². The van der Waals surface area contributed by atoms with Crippen LogP contribution in [0.3, 0.4) is 0 Å². The van der Waals surface area contributed by atoms with E-state index >= 15 is 0 Å². The maximum absolute atomic E-state index is 9.52. The predicted molar refractivity (Wildman–Crippen MR) is 46.7 cm³/mol. The first-order valence-electron chi connectivity index (χ1n) is 4.18. The zero-order chi connectivity index (χ0) is 8.97. The Labute approximate surface area is 72.2 Å². The Bertz CT molecular complexity index is 232. The second kappa shape index (κ2) is 4.28. The molecule has 0 fully saturated rings. The zero-order valence-corrected chi connectivity index (χ0v) is 7.29. The van der Waals surface area contributed by atoms with Crippen LogP contribution in [0.15, 0.2) is 16.5 Å². The third-order valence-corrected chi connectivity index (χ3v) is 1.77. The summed E-state index contributed by atoms with van der Waals surface area (Å²) in [6.07, 6.45) is 0.993. The predicted octanol–water partition coefficient (Wildman–Crippen LogP) is 1.36. The molecule has 3 N–H and O–H groups in total. The molecule has 0 radical (unpaired) electrons. The van der Waals surface area contributed by atoms with E-state index < -0.39 is 6.10 Å². The van der Waals surface area contributed by atoms with Gasteiger partial charge in [0.25, 0.3) is 0 Å². The molecule has 12 heavy (non-hydrogen) atoms. The Morgan fingerprint density at radius 3 is 2.83 bits per heavy atom. The van der Waals surface area contributed by atoms with Gasteiger partial charge in [-0.1, -0.05) is 0 Å². The Hall–Kier alpha value is -0.800. The van der Waals surface area contributed by atoms with E-state index in [1.807, 2.05) is 13.0 Å². The lowest BCUT2D eigenvalue weighted by atomic mass is 10.1. The molecular weight excluding hydrogens is 154 g/mol. The molecule has 68 valence electrons. The molecule has 0 bridgehead atoms. The average Bonchev–Trinajstić information content (AvgIpc) is 2.47. The standard InChI is InChI=1S/C9H15NO2/c1-7-4-5-9(12-7)8(11)3-2-6-10/h4-5,8,11H,2-3,6,10H2,1H3. The van der Waals surface area contributed by atoms with Gasteiger partial charge in [0.2, 0.25) is 0 Å². The summed E-state index contributed by atoms with van der Waals surface area (Å²) in [6, 6.07) is 3.65. The second-order valence-corrected chi connectivity index (χ2v) is 2.90. The maximum Gasteiger partial charge on any atom is 0.132 e. The molecule has 0 spiro atoms. The normalized spacial score (nSPS) is 13.2. The first-order valence-corrected chi connectivity index (χ1v) is 4.18. The van der Waals surface area contributed by atoms with Crippen molar-refractivity contribution in [1.82, 2.24) is 0 Å². The lowest BCUT2D eigenvalue weighted by Gasteiger charge is -2.05. The second-order valence-electron chi connectivity index (χ2n) is 2.90. The maximum atomic E-state index is 9.52. The zero-order valence-electron chi connectivity index (χ0n) is 7.29. The third-order valence-electron chi connectivity index (χ3n) is 1.77. The van der Waals surface area contributed by atoms with Crippen LogP contribution >= 0.6 is 0 Å². The van der Waals surface area contributed by atoms with Gasteiger partial charge in [0, 0.05) is 0 Å². The van der Waals surface area contributed by atoms with Crippen molar-refractivity contribution in [2.24, 2.45) is 5.73 Å². The van der Waals surface area contributed by atoms with E-state index in [-0.39, 0.29) is 0 Å². The molecule has 0 aliphatic heterocycles. The highest BCUT2D eigenvalue weighted by Crippen LogP contribution is 2.19. The van der Waals surface area contributed by atoms with Gasteiger partial charge < -0.3 is 15.3 Å². The Kier molecular flexibility index (Phi) is 3.31. The van der Waals surface area contributed by atoms with Gasteiger partial charge in [-0.3, -0.25) is 0 Å². The lowest BCUT2D eigenvalue weighted by molar-refractivity contribution is 0.137. The highest BCUT2D eigenvalue weighted by Gasteiger charge is 2.09.